The van der Waals surface area contributed by atoms with Gasteiger partial charge in [-0.2, -0.15) is 26.3 Å². The fourth-order valence-electron chi connectivity index (χ4n) is 0.588. The Morgan fingerprint density at radius 2 is 1.54 bits per heavy atom. The molecule has 0 aromatic rings. The molecule has 76 valence electrons. The van der Waals surface area contributed by atoms with Crippen LogP contribution in [0.4, 0.5) is 31.1 Å². The van der Waals surface area contributed by atoms with E-state index in [-0.39, 0.29) is 0 Å². The van der Waals surface area contributed by atoms with Crippen LogP contribution in [0.1, 0.15) is 0 Å². The smallest absolute Gasteiger partial charge is 0.379 e. The van der Waals surface area contributed by atoms with Crippen molar-refractivity contribution in [1.29, 1.82) is 0 Å². The summed E-state index contributed by atoms with van der Waals surface area (Å²) in [7, 11) is 0. The molecular weight excluding hydrogens is 210 g/mol. The summed E-state index contributed by atoms with van der Waals surface area (Å²) in [5, 5.41) is 0. The predicted molar refractivity (Wildman–Crippen MR) is 22.4 cm³/mol. The van der Waals surface area contributed by atoms with Crippen LogP contribution >= 0.6 is 0 Å². The molecule has 3 nitrogen and oxygen atoms in total. The molecular formula is C4F6O3. The van der Waals surface area contributed by atoms with E-state index in [0.29, 0.717) is 0 Å². The number of hydrogen-bond acceptors (Lipinski definition) is 3. The van der Waals surface area contributed by atoms with Gasteiger partial charge in [0.25, 0.3) is 0 Å². The normalized spacial score (nSPS) is 32.6. The van der Waals surface area contributed by atoms with Crippen molar-refractivity contribution >= 4 is 6.16 Å². The fourth-order valence-corrected chi connectivity index (χ4v) is 0.588. The summed E-state index contributed by atoms with van der Waals surface area (Å²) >= 11 is 0. The van der Waals surface area contributed by atoms with Crippen molar-refractivity contribution in [3.8, 4) is 0 Å². The fraction of sp³-hybridized carbons (Fsp3) is 0.750. The molecule has 0 radical (unpaired) electrons. The standard InChI is InChI=1S/C4F6O3/c5-2(3(6,7)8)4(9,10)13-1(11)12-2. The van der Waals surface area contributed by atoms with Crippen LogP contribution in [0, 0.1) is 0 Å². The van der Waals surface area contributed by atoms with Crippen LogP contribution in [0.15, 0.2) is 0 Å². The number of alkyl halides is 6. The summed E-state index contributed by atoms with van der Waals surface area (Å²) < 4.78 is 76.8. The molecule has 0 aromatic heterocycles. The van der Waals surface area contributed by atoms with Gasteiger partial charge in [-0.3, -0.25) is 0 Å². The van der Waals surface area contributed by atoms with Crippen LogP contribution in [-0.2, 0) is 9.47 Å². The molecule has 9 heteroatoms. The number of halogens is 6. The molecule has 1 fully saturated rings. The van der Waals surface area contributed by atoms with Gasteiger partial charge in [0.15, 0.2) is 0 Å². The highest BCUT2D eigenvalue weighted by Crippen LogP contribution is 2.50. The van der Waals surface area contributed by atoms with Crippen molar-refractivity contribution in [2.75, 3.05) is 0 Å². The summed E-state index contributed by atoms with van der Waals surface area (Å²) in [6, 6.07) is 0. The summed E-state index contributed by atoms with van der Waals surface area (Å²) in [6.45, 7) is 0. The lowest BCUT2D eigenvalue weighted by Crippen LogP contribution is -2.53. The lowest BCUT2D eigenvalue weighted by atomic mass is 10.3. The minimum atomic E-state index is -6.05. The maximum Gasteiger partial charge on any atom is 0.516 e. The van der Waals surface area contributed by atoms with Crippen molar-refractivity contribution in [2.45, 2.75) is 18.1 Å². The van der Waals surface area contributed by atoms with E-state index in [4.69, 9.17) is 0 Å². The van der Waals surface area contributed by atoms with Gasteiger partial charge in [0.1, 0.15) is 0 Å². The number of ether oxygens (including phenoxy) is 2. The average Bonchev–Trinajstić information content (AvgIpc) is 2.00. The Bertz CT molecular complexity index is 247. The molecule has 0 amide bonds. The molecule has 0 bridgehead atoms. The topological polar surface area (TPSA) is 35.5 Å². The molecule has 1 heterocycles. The van der Waals surface area contributed by atoms with Crippen LogP contribution in [0.25, 0.3) is 0 Å². The van der Waals surface area contributed by atoms with E-state index in [9.17, 15) is 31.1 Å². The zero-order valence-electron chi connectivity index (χ0n) is 5.49. The van der Waals surface area contributed by atoms with Gasteiger partial charge in [0.05, 0.1) is 0 Å². The van der Waals surface area contributed by atoms with E-state index in [1.165, 1.54) is 0 Å². The molecule has 0 aliphatic carbocycles. The summed E-state index contributed by atoms with van der Waals surface area (Å²) in [4.78, 5) is 9.86. The number of cyclic esters (lactones) is 2. The summed E-state index contributed by atoms with van der Waals surface area (Å²) in [5.41, 5.74) is 0. The third-order valence-electron chi connectivity index (χ3n) is 1.17. The summed E-state index contributed by atoms with van der Waals surface area (Å²) in [5.74, 6) is -5.41. The molecule has 1 aliphatic heterocycles. The Morgan fingerprint density at radius 3 is 1.69 bits per heavy atom. The second kappa shape index (κ2) is 2.20. The predicted octanol–water partition coefficient (Wildman–Crippen LogP) is 1.97. The van der Waals surface area contributed by atoms with E-state index in [2.05, 4.69) is 9.47 Å². The number of hydrogen-bond donors (Lipinski definition) is 0. The van der Waals surface area contributed by atoms with Crippen LogP contribution < -0.4 is 0 Å². The first-order valence-corrected chi connectivity index (χ1v) is 2.65. The summed E-state index contributed by atoms with van der Waals surface area (Å²) in [6.07, 6.45) is -13.8. The molecule has 13 heavy (non-hydrogen) atoms. The third-order valence-corrected chi connectivity index (χ3v) is 1.17. The maximum absolute atomic E-state index is 12.4. The van der Waals surface area contributed by atoms with Gasteiger partial charge in [0, 0.05) is 0 Å². The van der Waals surface area contributed by atoms with Crippen molar-refractivity contribution in [3.63, 3.8) is 0 Å². The maximum atomic E-state index is 12.4. The SMILES string of the molecule is O=C1OC(F)(F)C(F)(C(F)(F)F)O1. The van der Waals surface area contributed by atoms with Crippen LogP contribution in [0.3, 0.4) is 0 Å². The molecule has 1 unspecified atom stereocenters. The van der Waals surface area contributed by atoms with Gasteiger partial charge in [-0.1, -0.05) is 0 Å². The molecule has 1 atom stereocenters. The molecule has 1 saturated heterocycles. The molecule has 0 aromatic carbocycles. The van der Waals surface area contributed by atoms with E-state index in [1.54, 1.807) is 0 Å². The second-order valence-electron chi connectivity index (χ2n) is 2.06. The first-order valence-electron chi connectivity index (χ1n) is 2.65. The van der Waals surface area contributed by atoms with E-state index >= 15 is 0 Å². The molecule has 0 spiro atoms. The van der Waals surface area contributed by atoms with Gasteiger partial charge >= 0.3 is 24.3 Å². The Hall–Kier alpha value is -1.15. The molecule has 0 N–H and O–H groups in total. The molecule has 0 saturated carbocycles. The van der Waals surface area contributed by atoms with Crippen LogP contribution in [-0.4, -0.2) is 24.3 Å². The average molecular weight is 210 g/mol. The van der Waals surface area contributed by atoms with Crippen molar-refractivity contribution < 1.29 is 40.6 Å². The zero-order valence-corrected chi connectivity index (χ0v) is 5.49. The Balaban J connectivity index is 3.10. The largest absolute Gasteiger partial charge is 0.516 e. The zero-order chi connectivity index (χ0) is 10.5. The Labute approximate surface area is 66.2 Å². The number of carbonyl (C=O) groups excluding carboxylic acids is 1. The quantitative estimate of drug-likeness (QED) is 0.453. The molecule has 1 rings (SSSR count). The van der Waals surface area contributed by atoms with E-state index < -0.39 is 24.3 Å². The number of rotatable bonds is 0. The highest BCUT2D eigenvalue weighted by molar-refractivity contribution is 5.63. The second-order valence-corrected chi connectivity index (χ2v) is 2.06. The number of carbonyl (C=O) groups is 1. The van der Waals surface area contributed by atoms with Gasteiger partial charge in [-0.05, 0) is 0 Å². The first kappa shape index (κ1) is 9.93. The monoisotopic (exact) mass is 210 g/mol. The van der Waals surface area contributed by atoms with Crippen molar-refractivity contribution in [2.24, 2.45) is 0 Å². The van der Waals surface area contributed by atoms with Crippen molar-refractivity contribution in [1.82, 2.24) is 0 Å². The minimum absolute atomic E-state index is 2.41. The molecule has 1 aliphatic rings. The Morgan fingerprint density at radius 1 is 1.08 bits per heavy atom. The lowest BCUT2D eigenvalue weighted by Gasteiger charge is -2.22. The van der Waals surface area contributed by atoms with Gasteiger partial charge in [0.2, 0.25) is 0 Å². The van der Waals surface area contributed by atoms with E-state index in [0.717, 1.165) is 0 Å². The van der Waals surface area contributed by atoms with Crippen LogP contribution in [0.2, 0.25) is 0 Å². The van der Waals surface area contributed by atoms with Gasteiger partial charge in [-0.25, -0.2) is 4.79 Å². The lowest BCUT2D eigenvalue weighted by molar-refractivity contribution is -0.392. The third kappa shape index (κ3) is 1.18. The first-order chi connectivity index (χ1) is 5.60. The van der Waals surface area contributed by atoms with Crippen molar-refractivity contribution in [3.05, 3.63) is 0 Å². The van der Waals surface area contributed by atoms with E-state index in [1.807, 2.05) is 0 Å². The van der Waals surface area contributed by atoms with Gasteiger partial charge in [-0.15, -0.1) is 0 Å². The minimum Gasteiger partial charge on any atom is -0.379 e. The highest BCUT2D eigenvalue weighted by Gasteiger charge is 2.82. The highest BCUT2D eigenvalue weighted by atomic mass is 19.4. The van der Waals surface area contributed by atoms with Gasteiger partial charge < -0.3 is 9.47 Å². The van der Waals surface area contributed by atoms with Crippen LogP contribution in [0.5, 0.6) is 0 Å². The Kier molecular flexibility index (Phi) is 1.68.